The van der Waals surface area contributed by atoms with E-state index in [1.807, 2.05) is 0 Å². The molecule has 0 aliphatic carbocycles. The number of benzene rings is 1. The normalized spacial score (nSPS) is 20.4. The molecule has 0 aromatic heterocycles. The quantitative estimate of drug-likeness (QED) is 0.698. The molecule has 0 N–H and O–H groups in total. The minimum Gasteiger partial charge on any atom is -0.381 e. The molecular formula is C22H34N2O2. The standard InChI is InChI=1S/C22H34N2O2/c1-3-8-23-9-11-24(12-10-23)17-20-5-4-18(2)21(15-20)22(25)16-19-6-13-26-14-7-19/h4-5,15,19H,3,6-14,16-17H2,1-2H3. The van der Waals surface area contributed by atoms with Crippen LogP contribution in [0.25, 0.3) is 0 Å². The van der Waals surface area contributed by atoms with E-state index >= 15 is 0 Å². The van der Waals surface area contributed by atoms with Crippen molar-refractivity contribution in [3.63, 3.8) is 0 Å². The largest absolute Gasteiger partial charge is 0.381 e. The van der Waals surface area contributed by atoms with Gasteiger partial charge in [-0.1, -0.05) is 19.1 Å². The summed E-state index contributed by atoms with van der Waals surface area (Å²) in [5.74, 6) is 0.801. The SMILES string of the molecule is CCCN1CCN(Cc2ccc(C)c(C(=O)CC3CCOCC3)c2)CC1. The monoisotopic (exact) mass is 358 g/mol. The zero-order chi connectivity index (χ0) is 18.4. The van der Waals surface area contributed by atoms with Gasteiger partial charge >= 0.3 is 0 Å². The van der Waals surface area contributed by atoms with E-state index in [1.54, 1.807) is 0 Å². The van der Waals surface area contributed by atoms with Gasteiger partial charge in [0.25, 0.3) is 0 Å². The molecular weight excluding hydrogens is 324 g/mol. The van der Waals surface area contributed by atoms with E-state index in [-0.39, 0.29) is 0 Å². The summed E-state index contributed by atoms with van der Waals surface area (Å²) in [5, 5.41) is 0. The smallest absolute Gasteiger partial charge is 0.163 e. The summed E-state index contributed by atoms with van der Waals surface area (Å²) in [4.78, 5) is 17.9. The fraction of sp³-hybridized carbons (Fsp3) is 0.682. The van der Waals surface area contributed by atoms with E-state index in [0.29, 0.717) is 18.1 Å². The summed E-state index contributed by atoms with van der Waals surface area (Å²) >= 11 is 0. The maximum atomic E-state index is 12.8. The lowest BCUT2D eigenvalue weighted by Crippen LogP contribution is -2.45. The van der Waals surface area contributed by atoms with E-state index < -0.39 is 0 Å². The number of aryl methyl sites for hydroxylation is 1. The first-order chi connectivity index (χ1) is 12.7. The van der Waals surface area contributed by atoms with E-state index in [9.17, 15) is 4.79 Å². The molecule has 2 fully saturated rings. The molecule has 0 bridgehead atoms. The number of carbonyl (C=O) groups is 1. The van der Waals surface area contributed by atoms with Crippen LogP contribution >= 0.6 is 0 Å². The van der Waals surface area contributed by atoms with Gasteiger partial charge in [0, 0.05) is 57.9 Å². The van der Waals surface area contributed by atoms with Crippen molar-refractivity contribution in [2.24, 2.45) is 5.92 Å². The van der Waals surface area contributed by atoms with Crippen molar-refractivity contribution in [3.05, 3.63) is 34.9 Å². The Kier molecular flexibility index (Phi) is 7.23. The van der Waals surface area contributed by atoms with Gasteiger partial charge in [0.2, 0.25) is 0 Å². The number of Topliss-reactive ketones (excluding diaryl/α,β-unsaturated/α-hetero) is 1. The highest BCUT2D eigenvalue weighted by Gasteiger charge is 2.20. The highest BCUT2D eigenvalue weighted by atomic mass is 16.5. The Hall–Kier alpha value is -1.23. The lowest BCUT2D eigenvalue weighted by molar-refractivity contribution is 0.0601. The summed E-state index contributed by atoms with van der Waals surface area (Å²) in [6, 6.07) is 6.47. The van der Waals surface area contributed by atoms with Crippen LogP contribution in [0, 0.1) is 12.8 Å². The molecule has 26 heavy (non-hydrogen) atoms. The molecule has 2 aliphatic rings. The summed E-state index contributed by atoms with van der Waals surface area (Å²) in [6.07, 6.45) is 3.94. The van der Waals surface area contributed by atoms with E-state index in [4.69, 9.17) is 4.74 Å². The third-order valence-electron chi connectivity index (χ3n) is 5.83. The first kappa shape index (κ1) is 19.5. The van der Waals surface area contributed by atoms with Crippen LogP contribution in [-0.2, 0) is 11.3 Å². The summed E-state index contributed by atoms with van der Waals surface area (Å²) < 4.78 is 5.42. The molecule has 0 amide bonds. The predicted molar refractivity (Wildman–Crippen MR) is 106 cm³/mol. The Labute approximate surface area is 158 Å². The second-order valence-corrected chi connectivity index (χ2v) is 7.95. The molecule has 0 spiro atoms. The van der Waals surface area contributed by atoms with Gasteiger partial charge in [-0.3, -0.25) is 9.69 Å². The minimum atomic E-state index is 0.309. The zero-order valence-electron chi connectivity index (χ0n) is 16.5. The van der Waals surface area contributed by atoms with Crippen LogP contribution in [0.2, 0.25) is 0 Å². The minimum absolute atomic E-state index is 0.309. The average molecular weight is 359 g/mol. The number of ether oxygens (including phenoxy) is 1. The van der Waals surface area contributed by atoms with Crippen LogP contribution in [0.15, 0.2) is 18.2 Å². The number of hydrogen-bond acceptors (Lipinski definition) is 4. The Morgan fingerprint density at radius 2 is 1.81 bits per heavy atom. The number of piperazine rings is 1. The summed E-state index contributed by atoms with van der Waals surface area (Å²) in [7, 11) is 0. The first-order valence-corrected chi connectivity index (χ1v) is 10.3. The fourth-order valence-corrected chi connectivity index (χ4v) is 4.14. The predicted octanol–water partition coefficient (Wildman–Crippen LogP) is 3.52. The van der Waals surface area contributed by atoms with Crippen LogP contribution in [0.5, 0.6) is 0 Å². The third kappa shape index (κ3) is 5.38. The first-order valence-electron chi connectivity index (χ1n) is 10.3. The molecule has 0 saturated carbocycles. The highest BCUT2D eigenvalue weighted by molar-refractivity contribution is 5.97. The molecule has 144 valence electrons. The second-order valence-electron chi connectivity index (χ2n) is 7.95. The maximum absolute atomic E-state index is 12.8. The molecule has 3 rings (SSSR count). The van der Waals surface area contributed by atoms with Crippen molar-refractivity contribution in [1.82, 2.24) is 9.80 Å². The number of rotatable bonds is 7. The van der Waals surface area contributed by atoms with Gasteiger partial charge in [-0.2, -0.15) is 0 Å². The summed E-state index contributed by atoms with van der Waals surface area (Å²) in [6.45, 7) is 12.7. The van der Waals surface area contributed by atoms with Crippen LogP contribution in [0.1, 0.15) is 54.1 Å². The van der Waals surface area contributed by atoms with Crippen LogP contribution in [-0.4, -0.2) is 61.5 Å². The molecule has 1 aromatic carbocycles. The maximum Gasteiger partial charge on any atom is 0.163 e. The molecule has 1 aromatic rings. The molecule has 2 heterocycles. The van der Waals surface area contributed by atoms with Crippen LogP contribution in [0.4, 0.5) is 0 Å². The van der Waals surface area contributed by atoms with Crippen molar-refractivity contribution in [2.45, 2.75) is 46.1 Å². The van der Waals surface area contributed by atoms with Crippen molar-refractivity contribution in [3.8, 4) is 0 Å². The van der Waals surface area contributed by atoms with Gasteiger partial charge < -0.3 is 9.64 Å². The fourth-order valence-electron chi connectivity index (χ4n) is 4.14. The molecule has 4 heteroatoms. The van der Waals surface area contributed by atoms with Gasteiger partial charge in [0.1, 0.15) is 0 Å². The van der Waals surface area contributed by atoms with Gasteiger partial charge in [0.15, 0.2) is 5.78 Å². The Morgan fingerprint density at radius 3 is 2.50 bits per heavy atom. The lowest BCUT2D eigenvalue weighted by Gasteiger charge is -2.34. The number of ketones is 1. The number of carbonyl (C=O) groups excluding carboxylic acids is 1. The Morgan fingerprint density at radius 1 is 1.12 bits per heavy atom. The average Bonchev–Trinajstić information content (AvgIpc) is 2.66. The van der Waals surface area contributed by atoms with E-state index in [2.05, 4.69) is 41.8 Å². The molecule has 4 nitrogen and oxygen atoms in total. The second kappa shape index (κ2) is 9.63. The highest BCUT2D eigenvalue weighted by Crippen LogP contribution is 2.23. The zero-order valence-corrected chi connectivity index (χ0v) is 16.5. The van der Waals surface area contributed by atoms with Gasteiger partial charge in [0.05, 0.1) is 0 Å². The van der Waals surface area contributed by atoms with Crippen molar-refractivity contribution in [1.29, 1.82) is 0 Å². The Balaban J connectivity index is 1.57. The number of nitrogens with zero attached hydrogens (tertiary/aromatic N) is 2. The van der Waals surface area contributed by atoms with E-state index in [0.717, 1.165) is 69.9 Å². The topological polar surface area (TPSA) is 32.8 Å². The Bertz CT molecular complexity index is 588. The van der Waals surface area contributed by atoms with Crippen LogP contribution in [0.3, 0.4) is 0 Å². The van der Waals surface area contributed by atoms with Gasteiger partial charge in [-0.15, -0.1) is 0 Å². The van der Waals surface area contributed by atoms with Crippen molar-refractivity contribution >= 4 is 5.78 Å². The summed E-state index contributed by atoms with van der Waals surface area (Å²) in [5.41, 5.74) is 3.31. The lowest BCUT2D eigenvalue weighted by atomic mass is 9.90. The van der Waals surface area contributed by atoms with Gasteiger partial charge in [-0.25, -0.2) is 0 Å². The third-order valence-corrected chi connectivity index (χ3v) is 5.83. The van der Waals surface area contributed by atoms with Crippen LogP contribution < -0.4 is 0 Å². The van der Waals surface area contributed by atoms with Crippen molar-refractivity contribution < 1.29 is 9.53 Å². The van der Waals surface area contributed by atoms with Gasteiger partial charge in [-0.05, 0) is 55.8 Å². The molecule has 2 aliphatic heterocycles. The molecule has 0 radical (unpaired) electrons. The molecule has 0 unspecified atom stereocenters. The van der Waals surface area contributed by atoms with E-state index in [1.165, 1.54) is 18.5 Å². The molecule has 0 atom stereocenters. The molecule has 2 saturated heterocycles. The van der Waals surface area contributed by atoms with Crippen molar-refractivity contribution in [2.75, 3.05) is 45.9 Å². The number of hydrogen-bond donors (Lipinski definition) is 0.